The van der Waals surface area contributed by atoms with Gasteiger partial charge in [0, 0.05) is 0 Å². The molecule has 3 heterocycles. The summed E-state index contributed by atoms with van der Waals surface area (Å²) in [4.78, 5) is 21.0. The third-order valence-electron chi connectivity index (χ3n) is 5.09. The van der Waals surface area contributed by atoms with Crippen LogP contribution in [0, 0.1) is 0 Å². The first-order valence-corrected chi connectivity index (χ1v) is 9.99. The van der Waals surface area contributed by atoms with E-state index < -0.39 is 0 Å². The van der Waals surface area contributed by atoms with Crippen LogP contribution in [0.25, 0.3) is 10.2 Å². The fraction of sp³-hybridized carbons (Fsp3) is 0.625. The highest BCUT2D eigenvalue weighted by atomic mass is 32.1. The molecule has 0 unspecified atom stereocenters. The van der Waals surface area contributed by atoms with Crippen molar-refractivity contribution in [1.29, 1.82) is 0 Å². The van der Waals surface area contributed by atoms with E-state index >= 15 is 0 Å². The molecule has 2 aliphatic rings. The zero-order valence-electron chi connectivity index (χ0n) is 12.7. The van der Waals surface area contributed by atoms with Gasteiger partial charge in [-0.3, -0.25) is 4.79 Å². The lowest BCUT2D eigenvalue weighted by Gasteiger charge is -2.38. The van der Waals surface area contributed by atoms with Crippen molar-refractivity contribution in [2.24, 2.45) is 0 Å². The minimum absolute atomic E-state index is 0.164. The van der Waals surface area contributed by atoms with Crippen LogP contribution in [0.3, 0.4) is 0 Å². The third kappa shape index (κ3) is 2.79. The normalized spacial score (nSPS) is 21.5. The van der Waals surface area contributed by atoms with Crippen LogP contribution in [-0.4, -0.2) is 37.2 Å². The van der Waals surface area contributed by atoms with Gasteiger partial charge in [0.15, 0.2) is 5.13 Å². The van der Waals surface area contributed by atoms with Crippen molar-refractivity contribution in [3.05, 3.63) is 21.0 Å². The lowest BCUT2D eigenvalue weighted by molar-refractivity contribution is -0.927. The van der Waals surface area contributed by atoms with Gasteiger partial charge in [-0.1, -0.05) is 17.8 Å². The van der Waals surface area contributed by atoms with E-state index in [-0.39, 0.29) is 4.74 Å². The Kier molecular flexibility index (Phi) is 4.15. The minimum Gasteiger partial charge on any atom is -0.337 e. The van der Waals surface area contributed by atoms with Crippen LogP contribution in [0.5, 0.6) is 0 Å². The Bertz CT molecular complexity index is 697. The summed E-state index contributed by atoms with van der Waals surface area (Å²) < 4.78 is 0.970. The first kappa shape index (κ1) is 14.6. The van der Waals surface area contributed by atoms with Crippen molar-refractivity contribution in [2.45, 2.75) is 38.1 Å². The molecule has 0 amide bonds. The third-order valence-corrected chi connectivity index (χ3v) is 7.04. The Morgan fingerprint density at radius 1 is 1.18 bits per heavy atom. The van der Waals surface area contributed by atoms with Crippen LogP contribution in [0.2, 0.25) is 0 Å². The topological polar surface area (TPSA) is 37.6 Å². The molecule has 22 heavy (non-hydrogen) atoms. The molecule has 4 nitrogen and oxygen atoms in total. The zero-order chi connectivity index (χ0) is 14.9. The molecule has 1 aliphatic carbocycles. The van der Waals surface area contributed by atoms with Crippen molar-refractivity contribution in [1.82, 2.24) is 4.98 Å². The van der Waals surface area contributed by atoms with Gasteiger partial charge < -0.3 is 9.80 Å². The highest BCUT2D eigenvalue weighted by molar-refractivity contribution is 7.21. The van der Waals surface area contributed by atoms with Gasteiger partial charge in [-0.15, -0.1) is 11.3 Å². The standard InChI is InChI=1S/C16H21N3OS2/c20-15-14-13(6-11-21-14)17-16(22-15)19-9-7-18(8-10-19)12-4-2-1-3-5-12/h6,11-12H,1-5,7-10H2/p+1. The molecule has 2 aromatic heterocycles. The largest absolute Gasteiger partial charge is 0.337 e. The molecule has 0 atom stereocenters. The molecule has 0 aromatic carbocycles. The number of hydrogen-bond donors (Lipinski definition) is 1. The van der Waals surface area contributed by atoms with Gasteiger partial charge in [-0.05, 0) is 37.1 Å². The number of thiophene rings is 1. The summed E-state index contributed by atoms with van der Waals surface area (Å²) in [6, 6.07) is 2.84. The van der Waals surface area contributed by atoms with Crippen LogP contribution in [0.1, 0.15) is 32.1 Å². The molecule has 0 radical (unpaired) electrons. The molecular formula is C16H22N3OS2+. The molecule has 2 fully saturated rings. The first-order chi connectivity index (χ1) is 10.8. The number of quaternary nitrogens is 1. The van der Waals surface area contributed by atoms with E-state index in [9.17, 15) is 4.79 Å². The van der Waals surface area contributed by atoms with E-state index in [0.717, 1.165) is 34.5 Å². The van der Waals surface area contributed by atoms with Gasteiger partial charge in [-0.25, -0.2) is 4.98 Å². The van der Waals surface area contributed by atoms with Gasteiger partial charge >= 0.3 is 0 Å². The predicted molar refractivity (Wildman–Crippen MR) is 93.5 cm³/mol. The van der Waals surface area contributed by atoms with Gasteiger partial charge in [0.2, 0.25) is 0 Å². The maximum Gasteiger partial charge on any atom is 0.255 e. The number of anilines is 1. The Balaban J connectivity index is 1.47. The fourth-order valence-corrected chi connectivity index (χ4v) is 5.59. The molecule has 1 aliphatic heterocycles. The molecule has 1 saturated heterocycles. The van der Waals surface area contributed by atoms with Crippen LogP contribution in [0.15, 0.2) is 16.2 Å². The molecule has 1 saturated carbocycles. The summed E-state index contributed by atoms with van der Waals surface area (Å²) in [5.74, 6) is 0. The van der Waals surface area contributed by atoms with E-state index in [0.29, 0.717) is 0 Å². The number of hydrogen-bond acceptors (Lipinski definition) is 5. The van der Waals surface area contributed by atoms with E-state index in [4.69, 9.17) is 4.98 Å². The van der Waals surface area contributed by atoms with Crippen molar-refractivity contribution < 1.29 is 4.90 Å². The SMILES string of the molecule is O=c1sc(N2CC[NH+](C3CCCCC3)CC2)nc2ccsc12. The quantitative estimate of drug-likeness (QED) is 0.908. The maximum atomic E-state index is 12.2. The molecule has 4 rings (SSSR count). The molecule has 1 N–H and O–H groups in total. The minimum atomic E-state index is 0.164. The number of fused-ring (bicyclic) bond motifs is 1. The summed E-state index contributed by atoms with van der Waals surface area (Å²) >= 11 is 2.82. The summed E-state index contributed by atoms with van der Waals surface area (Å²) in [5.41, 5.74) is 0.866. The van der Waals surface area contributed by atoms with Crippen LogP contribution in [-0.2, 0) is 0 Å². The Labute approximate surface area is 138 Å². The Morgan fingerprint density at radius 2 is 1.95 bits per heavy atom. The van der Waals surface area contributed by atoms with Crippen LogP contribution >= 0.6 is 22.7 Å². The number of rotatable bonds is 2. The van der Waals surface area contributed by atoms with Crippen molar-refractivity contribution in [2.75, 3.05) is 31.1 Å². The second-order valence-electron chi connectivity index (χ2n) is 6.40. The molecule has 6 heteroatoms. The summed E-state index contributed by atoms with van der Waals surface area (Å²) in [5, 5.41) is 2.87. The Hall–Kier alpha value is -0.980. The van der Waals surface area contributed by atoms with E-state index in [1.165, 1.54) is 67.9 Å². The van der Waals surface area contributed by atoms with E-state index in [1.54, 1.807) is 4.90 Å². The first-order valence-electron chi connectivity index (χ1n) is 8.29. The summed E-state index contributed by atoms with van der Waals surface area (Å²) in [6.45, 7) is 4.44. The predicted octanol–water partition coefficient (Wildman–Crippen LogP) is 1.76. The molecule has 0 spiro atoms. The van der Waals surface area contributed by atoms with Gasteiger partial charge in [0.05, 0.1) is 37.7 Å². The average molecular weight is 337 g/mol. The smallest absolute Gasteiger partial charge is 0.255 e. The lowest BCUT2D eigenvalue weighted by atomic mass is 9.94. The van der Waals surface area contributed by atoms with Crippen molar-refractivity contribution in [3.63, 3.8) is 0 Å². The van der Waals surface area contributed by atoms with Crippen molar-refractivity contribution in [3.8, 4) is 0 Å². The van der Waals surface area contributed by atoms with Gasteiger partial charge in [0.1, 0.15) is 4.70 Å². The molecule has 2 aromatic rings. The highest BCUT2D eigenvalue weighted by Gasteiger charge is 2.29. The van der Waals surface area contributed by atoms with Gasteiger partial charge in [0.25, 0.3) is 4.74 Å². The highest BCUT2D eigenvalue weighted by Crippen LogP contribution is 2.22. The van der Waals surface area contributed by atoms with Crippen LogP contribution < -0.4 is 14.5 Å². The lowest BCUT2D eigenvalue weighted by Crippen LogP contribution is -3.18. The van der Waals surface area contributed by atoms with Crippen molar-refractivity contribution >= 4 is 38.0 Å². The van der Waals surface area contributed by atoms with Gasteiger partial charge in [-0.2, -0.15) is 0 Å². The number of nitrogens with one attached hydrogen (secondary N) is 1. The van der Waals surface area contributed by atoms with Crippen LogP contribution in [0.4, 0.5) is 5.13 Å². The summed E-state index contributed by atoms with van der Waals surface area (Å²) in [7, 11) is 0. The zero-order valence-corrected chi connectivity index (χ0v) is 14.3. The molecule has 118 valence electrons. The Morgan fingerprint density at radius 3 is 2.73 bits per heavy atom. The monoisotopic (exact) mass is 336 g/mol. The van der Waals surface area contributed by atoms with E-state index in [1.807, 2.05) is 11.4 Å². The van der Waals surface area contributed by atoms with E-state index in [2.05, 4.69) is 4.90 Å². The maximum absolute atomic E-state index is 12.2. The molecular weight excluding hydrogens is 314 g/mol. The number of aromatic nitrogens is 1. The fourth-order valence-electron chi connectivity index (χ4n) is 3.84. The molecule has 0 bridgehead atoms. The second-order valence-corrected chi connectivity index (χ2v) is 8.26. The average Bonchev–Trinajstić information content (AvgIpc) is 3.05. The second kappa shape index (κ2) is 6.26. The number of piperazine rings is 1. The summed E-state index contributed by atoms with van der Waals surface area (Å²) in [6.07, 6.45) is 7.06. The number of nitrogens with zero attached hydrogens (tertiary/aromatic N) is 2.